The quantitative estimate of drug-likeness (QED) is 0.318. The Morgan fingerprint density at radius 2 is 2.00 bits per heavy atom. The minimum atomic E-state index is 0.381. The van der Waals surface area contributed by atoms with Crippen molar-refractivity contribution in [2.24, 2.45) is 4.99 Å². The smallest absolute Gasteiger partial charge is 0.193 e. The molecule has 0 amide bonds. The van der Waals surface area contributed by atoms with E-state index in [2.05, 4.69) is 36.4 Å². The number of nitrogens with two attached hydrogens (primary N) is 1. The van der Waals surface area contributed by atoms with Crippen molar-refractivity contribution in [1.82, 2.24) is 30.1 Å². The SMILES string of the molecule is CN=C(NCCCc1nn(-c2ccccc2)c(N)c1C#N)N1CCN(Cc2ccon2)CC1. The molecular weight excluding hydrogens is 418 g/mol. The molecule has 0 atom stereocenters. The third kappa shape index (κ3) is 5.32. The number of hydrogen-bond acceptors (Lipinski definition) is 7. The number of aromatic nitrogens is 3. The van der Waals surface area contributed by atoms with Crippen molar-refractivity contribution in [2.75, 3.05) is 45.5 Å². The number of aliphatic imine (C=N–C) groups is 1. The summed E-state index contributed by atoms with van der Waals surface area (Å²) in [5.74, 6) is 1.27. The van der Waals surface area contributed by atoms with Gasteiger partial charge in [0.15, 0.2) is 5.96 Å². The fourth-order valence-corrected chi connectivity index (χ4v) is 4.00. The standard InChI is InChI=1S/C23H29N9O/c1-26-23(31-13-11-30(12-14-31)17-18-9-15-33-29-18)27-10-5-8-21-20(16-24)22(25)32(28-21)19-6-3-2-4-7-19/h2-4,6-7,9,15H,5,8,10-14,17,25H2,1H3,(H,26,27). The highest BCUT2D eigenvalue weighted by molar-refractivity contribution is 5.80. The summed E-state index contributed by atoms with van der Waals surface area (Å²) < 4.78 is 6.56. The number of para-hydroxylation sites is 1. The third-order valence-electron chi connectivity index (χ3n) is 5.74. The number of hydrogen-bond donors (Lipinski definition) is 2. The van der Waals surface area contributed by atoms with E-state index >= 15 is 0 Å². The Labute approximate surface area is 193 Å². The molecule has 3 heterocycles. The van der Waals surface area contributed by atoms with Crippen LogP contribution in [-0.4, -0.2) is 70.5 Å². The van der Waals surface area contributed by atoms with Crippen molar-refractivity contribution in [2.45, 2.75) is 19.4 Å². The number of guanidine groups is 1. The Kier molecular flexibility index (Phi) is 7.22. The van der Waals surface area contributed by atoms with Crippen molar-refractivity contribution in [3.8, 4) is 11.8 Å². The highest BCUT2D eigenvalue weighted by Crippen LogP contribution is 2.21. The van der Waals surface area contributed by atoms with E-state index in [1.807, 2.05) is 36.4 Å². The predicted molar refractivity (Wildman–Crippen MR) is 126 cm³/mol. The molecule has 0 saturated carbocycles. The molecule has 4 rings (SSSR count). The van der Waals surface area contributed by atoms with Gasteiger partial charge >= 0.3 is 0 Å². The minimum absolute atomic E-state index is 0.381. The van der Waals surface area contributed by atoms with E-state index < -0.39 is 0 Å². The van der Waals surface area contributed by atoms with Gasteiger partial charge in [0.05, 0.1) is 17.1 Å². The van der Waals surface area contributed by atoms with E-state index in [1.165, 1.54) is 0 Å². The molecule has 33 heavy (non-hydrogen) atoms. The normalized spacial score (nSPS) is 14.9. The molecule has 0 unspecified atom stereocenters. The number of piperazine rings is 1. The van der Waals surface area contributed by atoms with Crippen LogP contribution in [0, 0.1) is 11.3 Å². The third-order valence-corrected chi connectivity index (χ3v) is 5.74. The Morgan fingerprint density at radius 3 is 2.67 bits per heavy atom. The Morgan fingerprint density at radius 1 is 1.21 bits per heavy atom. The van der Waals surface area contributed by atoms with Crippen LogP contribution in [0.2, 0.25) is 0 Å². The van der Waals surface area contributed by atoms with Crippen molar-refractivity contribution in [3.63, 3.8) is 0 Å². The van der Waals surface area contributed by atoms with Crippen LogP contribution in [0.15, 0.2) is 52.2 Å². The molecule has 3 aromatic rings. The molecule has 1 aliphatic rings. The molecule has 10 nitrogen and oxygen atoms in total. The van der Waals surface area contributed by atoms with E-state index in [1.54, 1.807) is 18.0 Å². The van der Waals surface area contributed by atoms with Crippen molar-refractivity contribution < 1.29 is 4.52 Å². The topological polar surface area (TPSA) is 125 Å². The molecule has 2 aromatic heterocycles. The highest BCUT2D eigenvalue weighted by atomic mass is 16.5. The lowest BCUT2D eigenvalue weighted by Gasteiger charge is -2.36. The molecule has 0 spiro atoms. The first-order valence-corrected chi connectivity index (χ1v) is 11.1. The maximum absolute atomic E-state index is 9.58. The zero-order chi connectivity index (χ0) is 23.0. The summed E-state index contributed by atoms with van der Waals surface area (Å²) in [5.41, 5.74) is 9.17. The van der Waals surface area contributed by atoms with Gasteiger partial charge < -0.3 is 20.5 Å². The second-order valence-electron chi connectivity index (χ2n) is 7.90. The molecule has 0 bridgehead atoms. The van der Waals surface area contributed by atoms with Gasteiger partial charge in [-0.3, -0.25) is 9.89 Å². The van der Waals surface area contributed by atoms with Gasteiger partial charge in [-0.1, -0.05) is 23.4 Å². The molecular formula is C23H29N9O. The largest absolute Gasteiger partial charge is 0.382 e. The van der Waals surface area contributed by atoms with Gasteiger partial charge in [-0.05, 0) is 25.0 Å². The van der Waals surface area contributed by atoms with Gasteiger partial charge in [0.1, 0.15) is 23.7 Å². The van der Waals surface area contributed by atoms with Gasteiger partial charge in [-0.2, -0.15) is 10.4 Å². The molecule has 1 saturated heterocycles. The van der Waals surface area contributed by atoms with Crippen LogP contribution in [0.25, 0.3) is 5.69 Å². The van der Waals surface area contributed by atoms with Crippen LogP contribution in [0.4, 0.5) is 5.82 Å². The summed E-state index contributed by atoms with van der Waals surface area (Å²) in [6.45, 7) is 5.21. The van der Waals surface area contributed by atoms with Crippen LogP contribution in [-0.2, 0) is 13.0 Å². The van der Waals surface area contributed by atoms with Crippen LogP contribution in [0.5, 0.6) is 0 Å². The van der Waals surface area contributed by atoms with E-state index in [0.717, 1.165) is 68.7 Å². The first-order chi connectivity index (χ1) is 16.2. The molecule has 3 N–H and O–H groups in total. The molecule has 1 aliphatic heterocycles. The molecule has 1 fully saturated rings. The monoisotopic (exact) mass is 447 g/mol. The number of nitriles is 1. The fraction of sp³-hybridized carbons (Fsp3) is 0.391. The number of rotatable bonds is 7. The Hall–Kier alpha value is -3.84. The van der Waals surface area contributed by atoms with Gasteiger partial charge in [0.25, 0.3) is 0 Å². The van der Waals surface area contributed by atoms with Crippen LogP contribution >= 0.6 is 0 Å². The molecule has 10 heteroatoms. The Balaban J connectivity index is 1.27. The summed E-state index contributed by atoms with van der Waals surface area (Å²) in [7, 11) is 1.81. The maximum Gasteiger partial charge on any atom is 0.193 e. The average molecular weight is 448 g/mol. The van der Waals surface area contributed by atoms with Gasteiger partial charge in [0.2, 0.25) is 0 Å². The van der Waals surface area contributed by atoms with Gasteiger partial charge in [-0.25, -0.2) is 4.68 Å². The lowest BCUT2D eigenvalue weighted by atomic mass is 10.1. The summed E-state index contributed by atoms with van der Waals surface area (Å²) in [6.07, 6.45) is 3.07. The predicted octanol–water partition coefficient (Wildman–Crippen LogP) is 1.64. The van der Waals surface area contributed by atoms with E-state index in [0.29, 0.717) is 17.8 Å². The average Bonchev–Trinajstić information content (AvgIpc) is 3.47. The molecule has 0 radical (unpaired) electrons. The lowest BCUT2D eigenvalue weighted by Crippen LogP contribution is -2.52. The summed E-state index contributed by atoms with van der Waals surface area (Å²) >= 11 is 0. The summed E-state index contributed by atoms with van der Waals surface area (Å²) in [6, 6.07) is 13.7. The Bertz CT molecular complexity index is 1090. The summed E-state index contributed by atoms with van der Waals surface area (Å²) in [5, 5.41) is 21.6. The van der Waals surface area contributed by atoms with Crippen molar-refractivity contribution in [3.05, 3.63) is 59.6 Å². The van der Waals surface area contributed by atoms with Crippen LogP contribution in [0.1, 0.15) is 23.4 Å². The summed E-state index contributed by atoms with van der Waals surface area (Å²) in [4.78, 5) is 9.07. The number of nitrogens with zero attached hydrogens (tertiary/aromatic N) is 7. The van der Waals surface area contributed by atoms with Gasteiger partial charge in [-0.15, -0.1) is 0 Å². The first-order valence-electron chi connectivity index (χ1n) is 11.1. The second-order valence-corrected chi connectivity index (χ2v) is 7.90. The maximum atomic E-state index is 9.58. The van der Waals surface area contributed by atoms with E-state index in [-0.39, 0.29) is 0 Å². The second kappa shape index (κ2) is 10.7. The fourth-order valence-electron chi connectivity index (χ4n) is 4.00. The van der Waals surface area contributed by atoms with Gasteiger partial charge in [0, 0.05) is 52.4 Å². The lowest BCUT2D eigenvalue weighted by molar-refractivity contribution is 0.169. The minimum Gasteiger partial charge on any atom is -0.382 e. The van der Waals surface area contributed by atoms with Crippen molar-refractivity contribution >= 4 is 11.8 Å². The zero-order valence-corrected chi connectivity index (χ0v) is 18.8. The van der Waals surface area contributed by atoms with Crippen LogP contribution < -0.4 is 11.1 Å². The van der Waals surface area contributed by atoms with E-state index in [4.69, 9.17) is 10.3 Å². The highest BCUT2D eigenvalue weighted by Gasteiger charge is 2.20. The number of benzene rings is 1. The molecule has 1 aromatic carbocycles. The number of anilines is 1. The zero-order valence-electron chi connectivity index (χ0n) is 18.8. The first kappa shape index (κ1) is 22.4. The number of nitrogens with one attached hydrogen (secondary N) is 1. The molecule has 0 aliphatic carbocycles. The number of aryl methyl sites for hydroxylation is 1. The van der Waals surface area contributed by atoms with E-state index in [9.17, 15) is 5.26 Å². The van der Waals surface area contributed by atoms with Crippen molar-refractivity contribution in [1.29, 1.82) is 5.26 Å². The van der Waals surface area contributed by atoms with Crippen LogP contribution in [0.3, 0.4) is 0 Å². The number of nitrogen functional groups attached to an aromatic ring is 1. The molecule has 172 valence electrons.